The van der Waals surface area contributed by atoms with Gasteiger partial charge in [-0.1, -0.05) is 6.07 Å². The van der Waals surface area contributed by atoms with Gasteiger partial charge in [0.1, 0.15) is 11.6 Å². The first-order valence-corrected chi connectivity index (χ1v) is 10.2. The Morgan fingerprint density at radius 3 is 2.77 bits per heavy atom. The molecule has 4 N–H and O–H groups in total. The largest absolute Gasteiger partial charge is 0.324 e. The fourth-order valence-corrected chi connectivity index (χ4v) is 3.75. The molecule has 10 nitrogen and oxygen atoms in total. The number of nitrogens with one attached hydrogen (secondary N) is 2. The van der Waals surface area contributed by atoms with Crippen LogP contribution in [-0.4, -0.2) is 40.6 Å². The molecular formula is C18H17FN8O2S. The third kappa shape index (κ3) is 3.77. The first kappa shape index (κ1) is 19.7. The summed E-state index contributed by atoms with van der Waals surface area (Å²) < 4.78 is 37.1. The Morgan fingerprint density at radius 2 is 2.00 bits per heavy atom. The maximum atomic E-state index is 13.6. The SMILES string of the molecule is Cc1ccc(Nc2nccc(N(C)c3n[nH]c4ncc(F)cc34)n2)cc1S(N)(=O)=O. The fourth-order valence-electron chi connectivity index (χ4n) is 2.94. The van der Waals surface area contributed by atoms with E-state index in [1.807, 2.05) is 0 Å². The number of nitrogens with zero attached hydrogens (tertiary/aromatic N) is 5. The lowest BCUT2D eigenvalue weighted by Gasteiger charge is -2.16. The van der Waals surface area contributed by atoms with E-state index in [4.69, 9.17) is 5.14 Å². The molecule has 0 fully saturated rings. The van der Waals surface area contributed by atoms with Crippen LogP contribution in [0.15, 0.2) is 47.6 Å². The second-order valence-corrected chi connectivity index (χ2v) is 8.07. The molecule has 0 spiro atoms. The summed E-state index contributed by atoms with van der Waals surface area (Å²) in [6.45, 7) is 1.65. The second-order valence-electron chi connectivity index (χ2n) is 6.54. The predicted molar refractivity (Wildman–Crippen MR) is 110 cm³/mol. The number of aromatic nitrogens is 5. The zero-order valence-electron chi connectivity index (χ0n) is 16.0. The van der Waals surface area contributed by atoms with Crippen LogP contribution in [0.1, 0.15) is 5.56 Å². The van der Waals surface area contributed by atoms with Crippen molar-refractivity contribution in [1.82, 2.24) is 25.1 Å². The third-order valence-electron chi connectivity index (χ3n) is 4.42. The summed E-state index contributed by atoms with van der Waals surface area (Å²) in [5, 5.41) is 15.7. The van der Waals surface area contributed by atoms with E-state index < -0.39 is 15.8 Å². The number of benzene rings is 1. The molecule has 4 aromatic rings. The summed E-state index contributed by atoms with van der Waals surface area (Å²) >= 11 is 0. The Bertz CT molecular complexity index is 1360. The third-order valence-corrected chi connectivity index (χ3v) is 5.47. The van der Waals surface area contributed by atoms with Gasteiger partial charge in [-0.25, -0.2) is 27.9 Å². The van der Waals surface area contributed by atoms with Crippen molar-refractivity contribution in [3.8, 4) is 0 Å². The van der Waals surface area contributed by atoms with Crippen LogP contribution in [0.25, 0.3) is 11.0 Å². The number of nitrogens with two attached hydrogens (primary N) is 1. The minimum Gasteiger partial charge on any atom is -0.324 e. The van der Waals surface area contributed by atoms with Crippen LogP contribution in [0, 0.1) is 12.7 Å². The molecule has 154 valence electrons. The number of halogens is 1. The minimum absolute atomic E-state index is 0.0123. The molecule has 30 heavy (non-hydrogen) atoms. The highest BCUT2D eigenvalue weighted by molar-refractivity contribution is 7.89. The first-order chi connectivity index (χ1) is 14.2. The molecule has 3 heterocycles. The quantitative estimate of drug-likeness (QED) is 0.440. The number of hydrogen-bond acceptors (Lipinski definition) is 8. The van der Waals surface area contributed by atoms with Crippen molar-refractivity contribution in [2.24, 2.45) is 5.14 Å². The van der Waals surface area contributed by atoms with Crippen LogP contribution >= 0.6 is 0 Å². The van der Waals surface area contributed by atoms with Crippen LogP contribution in [0.5, 0.6) is 0 Å². The minimum atomic E-state index is -3.86. The monoisotopic (exact) mass is 428 g/mol. The van der Waals surface area contributed by atoms with Gasteiger partial charge in [0.15, 0.2) is 11.5 Å². The van der Waals surface area contributed by atoms with Crippen LogP contribution in [-0.2, 0) is 10.0 Å². The van der Waals surface area contributed by atoms with Crippen molar-refractivity contribution in [2.45, 2.75) is 11.8 Å². The van der Waals surface area contributed by atoms with Crippen molar-refractivity contribution in [2.75, 3.05) is 17.3 Å². The second kappa shape index (κ2) is 7.31. The topological polar surface area (TPSA) is 143 Å². The van der Waals surface area contributed by atoms with Crippen molar-refractivity contribution in [3.05, 3.63) is 54.1 Å². The van der Waals surface area contributed by atoms with Gasteiger partial charge in [0, 0.05) is 18.9 Å². The van der Waals surface area contributed by atoms with E-state index >= 15 is 0 Å². The van der Waals surface area contributed by atoms with Crippen molar-refractivity contribution in [1.29, 1.82) is 0 Å². The zero-order chi connectivity index (χ0) is 21.5. The van der Waals surface area contributed by atoms with Crippen molar-refractivity contribution >= 4 is 44.3 Å². The summed E-state index contributed by atoms with van der Waals surface area (Å²) in [5.41, 5.74) is 1.44. The Kier molecular flexibility index (Phi) is 4.79. The Balaban J connectivity index is 1.65. The Hall–Kier alpha value is -3.64. The summed E-state index contributed by atoms with van der Waals surface area (Å²) in [4.78, 5) is 14.2. The summed E-state index contributed by atoms with van der Waals surface area (Å²) in [6.07, 6.45) is 2.64. The lowest BCUT2D eigenvalue weighted by Crippen LogP contribution is -2.14. The molecule has 0 atom stereocenters. The molecule has 12 heteroatoms. The van der Waals surface area contributed by atoms with Gasteiger partial charge in [-0.2, -0.15) is 10.1 Å². The molecule has 0 saturated carbocycles. The number of anilines is 4. The van der Waals surface area contributed by atoms with Gasteiger partial charge in [-0.05, 0) is 36.8 Å². The van der Waals surface area contributed by atoms with E-state index in [0.29, 0.717) is 33.9 Å². The van der Waals surface area contributed by atoms with Gasteiger partial charge in [0.25, 0.3) is 0 Å². The molecule has 0 amide bonds. The number of sulfonamides is 1. The predicted octanol–water partition coefficient (Wildman–Crippen LogP) is 2.35. The smallest absolute Gasteiger partial charge is 0.238 e. The lowest BCUT2D eigenvalue weighted by molar-refractivity contribution is 0.597. The number of H-pyrrole nitrogens is 1. The van der Waals surface area contributed by atoms with Crippen LogP contribution in [0.4, 0.5) is 27.7 Å². The summed E-state index contributed by atoms with van der Waals surface area (Å²) in [6, 6.07) is 7.73. The van der Waals surface area contributed by atoms with E-state index in [-0.39, 0.29) is 10.8 Å². The van der Waals surface area contributed by atoms with Gasteiger partial charge < -0.3 is 10.2 Å². The number of hydrogen-bond donors (Lipinski definition) is 3. The molecule has 0 aliphatic rings. The van der Waals surface area contributed by atoms with Crippen molar-refractivity contribution < 1.29 is 12.8 Å². The van der Waals surface area contributed by atoms with Crippen molar-refractivity contribution in [3.63, 3.8) is 0 Å². The van der Waals surface area contributed by atoms with Gasteiger partial charge in [0.2, 0.25) is 16.0 Å². The number of pyridine rings is 1. The standard InChI is InChI=1S/C18H17FN8O2S/c1-10-3-4-12(8-14(10)30(20,28)29)23-18-21-6-5-15(24-18)27(2)17-13-7-11(19)9-22-16(13)25-26-17/h3-9H,1-2H3,(H2,20,28,29)(H,21,23,24)(H,22,25,26). The van der Waals surface area contributed by atoms with Crippen LogP contribution in [0.3, 0.4) is 0 Å². The maximum absolute atomic E-state index is 13.6. The number of aromatic amines is 1. The van der Waals surface area contributed by atoms with Crippen LogP contribution in [0.2, 0.25) is 0 Å². The van der Waals surface area contributed by atoms with Crippen LogP contribution < -0.4 is 15.4 Å². The number of rotatable bonds is 5. The van der Waals surface area contributed by atoms with Gasteiger partial charge in [-0.15, -0.1) is 0 Å². The van der Waals surface area contributed by atoms with Gasteiger partial charge in [0.05, 0.1) is 16.5 Å². The average Bonchev–Trinajstić information content (AvgIpc) is 3.11. The highest BCUT2D eigenvalue weighted by atomic mass is 32.2. The molecular weight excluding hydrogens is 411 g/mol. The number of primary sulfonamides is 1. The molecule has 1 aromatic carbocycles. The van der Waals surface area contributed by atoms with E-state index in [9.17, 15) is 12.8 Å². The fraction of sp³-hybridized carbons (Fsp3) is 0.111. The van der Waals surface area contributed by atoms with E-state index in [2.05, 4.69) is 30.5 Å². The van der Waals surface area contributed by atoms with Gasteiger partial charge in [-0.3, -0.25) is 5.10 Å². The summed E-state index contributed by atoms with van der Waals surface area (Å²) in [7, 11) is -2.14. The highest BCUT2D eigenvalue weighted by Crippen LogP contribution is 2.28. The molecule has 4 rings (SSSR count). The molecule has 0 unspecified atom stereocenters. The van der Waals surface area contributed by atoms with E-state index in [1.54, 1.807) is 37.1 Å². The van der Waals surface area contributed by atoms with Gasteiger partial charge >= 0.3 is 0 Å². The average molecular weight is 428 g/mol. The Labute approximate surface area is 171 Å². The zero-order valence-corrected chi connectivity index (χ0v) is 16.8. The number of aryl methyl sites for hydroxylation is 1. The first-order valence-electron chi connectivity index (χ1n) is 8.69. The Morgan fingerprint density at radius 1 is 1.20 bits per heavy atom. The summed E-state index contributed by atoms with van der Waals surface area (Å²) in [5.74, 6) is 0.666. The lowest BCUT2D eigenvalue weighted by atomic mass is 10.2. The van der Waals surface area contributed by atoms with E-state index in [1.165, 1.54) is 18.3 Å². The van der Waals surface area contributed by atoms with E-state index in [0.717, 1.165) is 6.20 Å². The molecule has 0 saturated heterocycles. The molecule has 0 aliphatic heterocycles. The molecule has 3 aromatic heterocycles. The number of fused-ring (bicyclic) bond motifs is 1. The maximum Gasteiger partial charge on any atom is 0.238 e. The highest BCUT2D eigenvalue weighted by Gasteiger charge is 2.16. The molecule has 0 radical (unpaired) electrons. The normalized spacial score (nSPS) is 11.6. The molecule has 0 aliphatic carbocycles. The molecule has 0 bridgehead atoms.